The van der Waals surface area contributed by atoms with Crippen molar-refractivity contribution >= 4 is 11.9 Å². The van der Waals surface area contributed by atoms with Crippen LogP contribution in [0, 0.1) is 0 Å². The van der Waals surface area contributed by atoms with Gasteiger partial charge in [-0.25, -0.2) is 4.79 Å². The first-order valence-electron chi connectivity index (χ1n) is 5.02. The van der Waals surface area contributed by atoms with Gasteiger partial charge in [0.2, 0.25) is 0 Å². The van der Waals surface area contributed by atoms with Crippen molar-refractivity contribution in [1.82, 2.24) is 5.32 Å². The van der Waals surface area contributed by atoms with E-state index < -0.39 is 17.4 Å². The Balaban J connectivity index is 2.18. The number of benzene rings is 1. The first kappa shape index (κ1) is 11.3. The molecule has 0 radical (unpaired) electrons. The van der Waals surface area contributed by atoms with Crippen molar-refractivity contribution in [2.45, 2.75) is 18.4 Å². The molecule has 1 aliphatic carbocycles. The van der Waals surface area contributed by atoms with Crippen molar-refractivity contribution in [3.63, 3.8) is 0 Å². The standard InChI is InChI=1S/C11H11NO5/c13-7-3-6(4-8(14)5-7)9(15)12-11(1-2-11)10(16)17/h3-5,13-14H,1-2H2,(H,12,15)(H,16,17). The van der Waals surface area contributed by atoms with Gasteiger partial charge < -0.3 is 20.6 Å². The molecule has 0 bridgehead atoms. The number of aromatic hydroxyl groups is 2. The monoisotopic (exact) mass is 237 g/mol. The lowest BCUT2D eigenvalue weighted by Crippen LogP contribution is -2.43. The molecule has 4 N–H and O–H groups in total. The Morgan fingerprint density at radius 3 is 2.06 bits per heavy atom. The van der Waals surface area contributed by atoms with Gasteiger partial charge in [0.25, 0.3) is 5.91 Å². The molecular formula is C11H11NO5. The van der Waals surface area contributed by atoms with Gasteiger partial charge in [-0.15, -0.1) is 0 Å². The minimum Gasteiger partial charge on any atom is -0.508 e. The molecule has 0 spiro atoms. The molecule has 1 aromatic carbocycles. The van der Waals surface area contributed by atoms with Gasteiger partial charge in [0.05, 0.1) is 0 Å². The quantitative estimate of drug-likeness (QED) is 0.610. The molecule has 6 heteroatoms. The molecule has 0 atom stereocenters. The third kappa shape index (κ3) is 2.15. The van der Waals surface area contributed by atoms with Crippen LogP contribution in [0.4, 0.5) is 0 Å². The third-order valence-corrected chi connectivity index (χ3v) is 2.68. The Bertz CT molecular complexity index is 472. The lowest BCUT2D eigenvalue weighted by Gasteiger charge is -2.12. The topological polar surface area (TPSA) is 107 Å². The SMILES string of the molecule is O=C(NC1(C(=O)O)CC1)c1cc(O)cc(O)c1. The van der Waals surface area contributed by atoms with Gasteiger partial charge in [0.15, 0.2) is 0 Å². The summed E-state index contributed by atoms with van der Waals surface area (Å²) in [5.74, 6) is -2.21. The maximum absolute atomic E-state index is 11.7. The summed E-state index contributed by atoms with van der Waals surface area (Å²) in [5, 5.41) is 29.7. The van der Waals surface area contributed by atoms with Gasteiger partial charge in [-0.3, -0.25) is 4.79 Å². The highest BCUT2D eigenvalue weighted by atomic mass is 16.4. The van der Waals surface area contributed by atoms with Crippen LogP contribution in [0.25, 0.3) is 0 Å². The van der Waals surface area contributed by atoms with E-state index in [9.17, 15) is 19.8 Å². The summed E-state index contributed by atoms with van der Waals surface area (Å²) >= 11 is 0. The Morgan fingerprint density at radius 2 is 1.65 bits per heavy atom. The highest BCUT2D eigenvalue weighted by molar-refractivity contribution is 5.99. The number of rotatable bonds is 3. The van der Waals surface area contributed by atoms with Gasteiger partial charge in [0, 0.05) is 11.6 Å². The smallest absolute Gasteiger partial charge is 0.329 e. The van der Waals surface area contributed by atoms with Crippen LogP contribution in [0.2, 0.25) is 0 Å². The van der Waals surface area contributed by atoms with Crippen LogP contribution in [0.15, 0.2) is 18.2 Å². The highest BCUT2D eigenvalue weighted by Crippen LogP contribution is 2.36. The third-order valence-electron chi connectivity index (χ3n) is 2.68. The zero-order valence-electron chi connectivity index (χ0n) is 8.80. The number of aliphatic carboxylic acids is 1. The highest BCUT2D eigenvalue weighted by Gasteiger charge is 2.51. The van der Waals surface area contributed by atoms with Gasteiger partial charge in [-0.05, 0) is 25.0 Å². The van der Waals surface area contributed by atoms with E-state index in [0.29, 0.717) is 12.8 Å². The molecule has 1 fully saturated rings. The lowest BCUT2D eigenvalue weighted by atomic mass is 10.1. The van der Waals surface area contributed by atoms with E-state index >= 15 is 0 Å². The largest absolute Gasteiger partial charge is 0.508 e. The Labute approximate surface area is 96.5 Å². The van der Waals surface area contributed by atoms with Crippen LogP contribution >= 0.6 is 0 Å². The molecule has 0 saturated heterocycles. The number of hydrogen-bond donors (Lipinski definition) is 4. The van der Waals surface area contributed by atoms with Crippen molar-refractivity contribution in [2.75, 3.05) is 0 Å². The van der Waals surface area contributed by atoms with E-state index in [1.54, 1.807) is 0 Å². The molecule has 1 amide bonds. The molecule has 0 aromatic heterocycles. The fourth-order valence-corrected chi connectivity index (χ4v) is 1.53. The van der Waals surface area contributed by atoms with E-state index in [-0.39, 0.29) is 17.1 Å². The Morgan fingerprint density at radius 1 is 1.12 bits per heavy atom. The predicted molar refractivity (Wildman–Crippen MR) is 56.8 cm³/mol. The van der Waals surface area contributed by atoms with Crippen LogP contribution in [0.5, 0.6) is 11.5 Å². The molecule has 0 unspecified atom stereocenters. The van der Waals surface area contributed by atoms with E-state index in [1.807, 2.05) is 0 Å². The van der Waals surface area contributed by atoms with Crippen LogP contribution in [0.1, 0.15) is 23.2 Å². The molecule has 1 aliphatic rings. The molecule has 0 heterocycles. The van der Waals surface area contributed by atoms with Crippen molar-refractivity contribution < 1.29 is 24.9 Å². The summed E-state index contributed by atoms with van der Waals surface area (Å²) in [6.45, 7) is 0. The number of phenolic OH excluding ortho intramolecular Hbond substituents is 2. The number of carboxylic acids is 1. The second-order valence-corrected chi connectivity index (χ2v) is 4.08. The van der Waals surface area contributed by atoms with Crippen molar-refractivity contribution in [1.29, 1.82) is 0 Å². The van der Waals surface area contributed by atoms with Gasteiger partial charge >= 0.3 is 5.97 Å². The second kappa shape index (κ2) is 3.65. The van der Waals surface area contributed by atoms with Crippen LogP contribution in [0.3, 0.4) is 0 Å². The van der Waals surface area contributed by atoms with Gasteiger partial charge in [0.1, 0.15) is 17.0 Å². The average Bonchev–Trinajstić information content (AvgIpc) is 2.97. The van der Waals surface area contributed by atoms with Crippen molar-refractivity contribution in [3.8, 4) is 11.5 Å². The maximum atomic E-state index is 11.7. The first-order chi connectivity index (χ1) is 7.93. The lowest BCUT2D eigenvalue weighted by molar-refractivity contribution is -0.140. The number of hydrogen-bond acceptors (Lipinski definition) is 4. The summed E-state index contributed by atoms with van der Waals surface area (Å²) in [6.07, 6.45) is 0.776. The van der Waals surface area contributed by atoms with Crippen LogP contribution in [-0.4, -0.2) is 32.7 Å². The number of amides is 1. The van der Waals surface area contributed by atoms with Crippen molar-refractivity contribution in [2.24, 2.45) is 0 Å². The maximum Gasteiger partial charge on any atom is 0.329 e. The molecular weight excluding hydrogens is 226 g/mol. The predicted octanol–water partition coefficient (Wildman–Crippen LogP) is 0.445. The average molecular weight is 237 g/mol. The molecule has 1 aromatic rings. The zero-order valence-corrected chi connectivity index (χ0v) is 8.80. The van der Waals surface area contributed by atoms with Crippen LogP contribution < -0.4 is 5.32 Å². The van der Waals surface area contributed by atoms with E-state index in [4.69, 9.17) is 5.11 Å². The summed E-state index contributed by atoms with van der Waals surface area (Å²) in [4.78, 5) is 22.6. The van der Waals surface area contributed by atoms with E-state index in [1.165, 1.54) is 0 Å². The fraction of sp³-hybridized carbons (Fsp3) is 0.273. The van der Waals surface area contributed by atoms with Gasteiger partial charge in [-0.2, -0.15) is 0 Å². The molecule has 17 heavy (non-hydrogen) atoms. The molecule has 90 valence electrons. The van der Waals surface area contributed by atoms with Crippen molar-refractivity contribution in [3.05, 3.63) is 23.8 Å². The Hall–Kier alpha value is -2.24. The normalized spacial score (nSPS) is 16.2. The number of carboxylic acid groups (broad SMARTS) is 1. The van der Waals surface area contributed by atoms with Crippen LogP contribution in [-0.2, 0) is 4.79 Å². The van der Waals surface area contributed by atoms with Gasteiger partial charge in [-0.1, -0.05) is 0 Å². The molecule has 2 rings (SSSR count). The fourth-order valence-electron chi connectivity index (χ4n) is 1.53. The number of carbonyl (C=O) groups is 2. The summed E-state index contributed by atoms with van der Waals surface area (Å²) in [6, 6.07) is 3.40. The minimum absolute atomic E-state index is 0.0232. The molecule has 0 aliphatic heterocycles. The van der Waals surface area contributed by atoms with E-state index in [2.05, 4.69) is 5.32 Å². The first-order valence-corrected chi connectivity index (χ1v) is 5.02. The molecule has 6 nitrogen and oxygen atoms in total. The van der Waals surface area contributed by atoms with E-state index in [0.717, 1.165) is 18.2 Å². The summed E-state index contributed by atoms with van der Waals surface area (Å²) < 4.78 is 0. The summed E-state index contributed by atoms with van der Waals surface area (Å²) in [7, 11) is 0. The zero-order chi connectivity index (χ0) is 12.6. The molecule has 1 saturated carbocycles. The minimum atomic E-state index is -1.18. The number of phenols is 2. The number of nitrogens with one attached hydrogen (secondary N) is 1. The Kier molecular flexibility index (Phi) is 2.42. The second-order valence-electron chi connectivity index (χ2n) is 4.08. The number of carbonyl (C=O) groups excluding carboxylic acids is 1. The summed E-state index contributed by atoms with van der Waals surface area (Å²) in [5.41, 5.74) is -1.16.